The van der Waals surface area contributed by atoms with Gasteiger partial charge in [-0.15, -0.1) is 0 Å². The van der Waals surface area contributed by atoms with Gasteiger partial charge < -0.3 is 36.7 Å². The van der Waals surface area contributed by atoms with Crippen LogP contribution in [0.5, 0.6) is 28.7 Å². The molecule has 6 aromatic carbocycles. The summed E-state index contributed by atoms with van der Waals surface area (Å²) < 4.78 is 45.8. The van der Waals surface area contributed by atoms with Crippen molar-refractivity contribution in [1.29, 1.82) is 0 Å². The number of benzene rings is 6. The summed E-state index contributed by atoms with van der Waals surface area (Å²) >= 11 is 0. The van der Waals surface area contributed by atoms with Crippen LogP contribution in [0.1, 0.15) is 58.2 Å². The van der Waals surface area contributed by atoms with Crippen LogP contribution < -0.4 is 22.8 Å². The monoisotopic (exact) mass is 790 g/mol. The SMILES string of the molecule is COc1cc(C(C)(C)C)c2op(Oc3ccccc3-c3ccccc3OP(Oc3ccccc3)Oc3ccccc3)oc3c(C(C)(C)C)cc(C)cc3c2c1.O. The maximum absolute atomic E-state index is 6.93. The molecule has 0 saturated carbocycles. The van der Waals surface area contributed by atoms with Gasteiger partial charge >= 0.3 is 16.8 Å². The summed E-state index contributed by atoms with van der Waals surface area (Å²) in [5.41, 5.74) is 5.69. The minimum atomic E-state index is -2.02. The Balaban J connectivity index is 0.00000532. The number of para-hydroxylation sites is 4. The van der Waals surface area contributed by atoms with E-state index in [9.17, 15) is 0 Å². The Labute approximate surface area is 330 Å². The Morgan fingerprint density at radius 3 is 1.52 bits per heavy atom. The summed E-state index contributed by atoms with van der Waals surface area (Å²) in [5, 5.41) is 1.84. The lowest BCUT2D eigenvalue weighted by molar-refractivity contribution is 0.388. The molecule has 2 N–H and O–H groups in total. The van der Waals surface area contributed by atoms with E-state index in [1.54, 1.807) is 7.11 Å². The number of ether oxygens (including phenoxy) is 1. The predicted molar refractivity (Wildman–Crippen MR) is 228 cm³/mol. The molecule has 0 aliphatic heterocycles. The lowest BCUT2D eigenvalue weighted by Gasteiger charge is -2.21. The summed E-state index contributed by atoms with van der Waals surface area (Å²) in [6.07, 6.45) is 0. The van der Waals surface area contributed by atoms with Gasteiger partial charge in [-0.05, 0) is 77.9 Å². The molecule has 0 saturated heterocycles. The van der Waals surface area contributed by atoms with Crippen molar-refractivity contribution in [2.75, 3.05) is 7.11 Å². The zero-order valence-corrected chi connectivity index (χ0v) is 34.7. The molecule has 0 amide bonds. The fourth-order valence-electron chi connectivity index (χ4n) is 6.30. The first-order valence-electron chi connectivity index (χ1n) is 18.2. The van der Waals surface area contributed by atoms with E-state index < -0.39 is 16.8 Å². The van der Waals surface area contributed by atoms with E-state index in [2.05, 4.69) is 60.6 Å². The van der Waals surface area contributed by atoms with Crippen LogP contribution in [0.4, 0.5) is 0 Å². The molecular weight excluding hydrogens is 742 g/mol. The summed E-state index contributed by atoms with van der Waals surface area (Å²) in [7, 11) is -2.25. The van der Waals surface area contributed by atoms with Gasteiger partial charge in [0.2, 0.25) is 0 Å². The van der Waals surface area contributed by atoms with Crippen LogP contribution in [-0.2, 0) is 10.8 Å². The van der Waals surface area contributed by atoms with Crippen molar-refractivity contribution >= 4 is 38.8 Å². The van der Waals surface area contributed by atoms with Crippen molar-refractivity contribution in [2.24, 2.45) is 0 Å². The maximum Gasteiger partial charge on any atom is 0.530 e. The van der Waals surface area contributed by atoms with Crippen molar-refractivity contribution in [1.82, 2.24) is 0 Å². The van der Waals surface area contributed by atoms with Crippen LogP contribution in [0.25, 0.3) is 33.1 Å². The molecule has 1 aromatic heterocycles. The fourth-order valence-corrected chi connectivity index (χ4v) is 8.44. The second-order valence-electron chi connectivity index (χ2n) is 15.4. The van der Waals surface area contributed by atoms with E-state index in [0.29, 0.717) is 28.6 Å². The van der Waals surface area contributed by atoms with Gasteiger partial charge in [0.25, 0.3) is 0 Å². The van der Waals surface area contributed by atoms with Crippen LogP contribution in [0, 0.1) is 6.92 Å². The molecule has 0 bridgehead atoms. The van der Waals surface area contributed by atoms with Crippen LogP contribution >= 0.6 is 16.8 Å². The van der Waals surface area contributed by atoms with E-state index in [4.69, 9.17) is 31.2 Å². The smallest absolute Gasteiger partial charge is 0.497 e. The highest BCUT2D eigenvalue weighted by Gasteiger charge is 2.27. The van der Waals surface area contributed by atoms with Crippen LogP contribution in [0.15, 0.2) is 142 Å². The molecule has 1 heterocycles. The number of aryl methyl sites for hydroxylation is 1. The first-order chi connectivity index (χ1) is 26.4. The predicted octanol–water partition coefficient (Wildman–Crippen LogP) is 13.7. The van der Waals surface area contributed by atoms with Gasteiger partial charge in [-0.1, -0.05) is 120 Å². The number of hydrogen-bond acceptors (Lipinski definition) is 7. The van der Waals surface area contributed by atoms with Gasteiger partial charge in [-0.3, -0.25) is 0 Å². The van der Waals surface area contributed by atoms with Gasteiger partial charge in [0.15, 0.2) is 0 Å². The molecule has 7 rings (SSSR count). The van der Waals surface area contributed by atoms with Crippen LogP contribution in [-0.4, -0.2) is 12.6 Å². The average Bonchev–Trinajstić information content (AvgIpc) is 3.30. The highest BCUT2D eigenvalue weighted by molar-refractivity contribution is 7.43. The summed E-state index contributed by atoms with van der Waals surface area (Å²) in [4.78, 5) is 0. The Morgan fingerprint density at radius 2 is 0.982 bits per heavy atom. The molecule has 0 aliphatic carbocycles. The Hall–Kier alpha value is -5.39. The van der Waals surface area contributed by atoms with Crippen molar-refractivity contribution in [3.05, 3.63) is 150 Å². The molecule has 1 atom stereocenters. The largest absolute Gasteiger partial charge is 0.530 e. The summed E-state index contributed by atoms with van der Waals surface area (Å²) in [6, 6.07) is 43.1. The standard InChI is InChI=1S/C46H46O7P2.H2O/c1-31-27-37-38-29-34(47-8)30-40(46(5,6)7)44(38)53-55(52-43(37)39(28-31)45(2,3)4)51-42-26-18-16-24-36(42)35-23-15-17-25-41(35)50-54(48-32-19-11-9-12-20-32)49-33-21-13-10-14-22-33;/h9-30H,1-8H3;1H2. The molecule has 8 nitrogen and oxygen atoms in total. The van der Waals surface area contributed by atoms with Gasteiger partial charge in [0.05, 0.1) is 7.11 Å². The van der Waals surface area contributed by atoms with Gasteiger partial charge in [-0.25, -0.2) is 0 Å². The highest BCUT2D eigenvalue weighted by atomic mass is 31.2. The maximum atomic E-state index is 6.93. The molecule has 56 heavy (non-hydrogen) atoms. The van der Waals surface area contributed by atoms with Crippen LogP contribution in [0.2, 0.25) is 0 Å². The molecule has 1 unspecified atom stereocenters. The number of hydrogen-bond donors (Lipinski definition) is 0. The van der Waals surface area contributed by atoms with Crippen molar-refractivity contribution in [3.63, 3.8) is 0 Å². The molecular formula is C46H48O8P2. The minimum absolute atomic E-state index is 0. The molecule has 0 radical (unpaired) electrons. The third-order valence-electron chi connectivity index (χ3n) is 9.03. The first kappa shape index (κ1) is 40.3. The van der Waals surface area contributed by atoms with Crippen molar-refractivity contribution < 1.29 is 36.7 Å². The topological polar surface area (TPSA) is 104 Å². The first-order valence-corrected chi connectivity index (χ1v) is 20.4. The van der Waals surface area contributed by atoms with Gasteiger partial charge in [-0.2, -0.15) is 0 Å². The second kappa shape index (κ2) is 16.8. The minimum Gasteiger partial charge on any atom is -0.497 e. The molecule has 0 spiro atoms. The molecule has 0 aliphatic rings. The molecule has 290 valence electrons. The Morgan fingerprint density at radius 1 is 0.518 bits per heavy atom. The lowest BCUT2D eigenvalue weighted by atomic mass is 9.83. The Kier molecular flexibility index (Phi) is 12.1. The second-order valence-corrected chi connectivity index (χ2v) is 17.3. The average molecular weight is 791 g/mol. The van der Waals surface area contributed by atoms with E-state index in [1.807, 2.05) is 121 Å². The fraction of sp³-hybridized carbons (Fsp3) is 0.217. The van der Waals surface area contributed by atoms with E-state index in [-0.39, 0.29) is 16.3 Å². The normalized spacial score (nSPS) is 11.9. The van der Waals surface area contributed by atoms with E-state index in [0.717, 1.165) is 49.9 Å². The molecule has 10 heteroatoms. The zero-order valence-electron chi connectivity index (χ0n) is 33.0. The number of methoxy groups -OCH3 is 1. The van der Waals surface area contributed by atoms with E-state index in [1.165, 1.54) is 0 Å². The number of rotatable bonds is 10. The quantitative estimate of drug-likeness (QED) is 0.127. The third kappa shape index (κ3) is 9.01. The lowest BCUT2D eigenvalue weighted by Crippen LogP contribution is -2.12. The third-order valence-corrected chi connectivity index (χ3v) is 11.1. The van der Waals surface area contributed by atoms with Crippen LogP contribution in [0.3, 0.4) is 0 Å². The Bertz CT molecular complexity index is 2430. The van der Waals surface area contributed by atoms with E-state index >= 15 is 0 Å². The van der Waals surface area contributed by atoms with Crippen molar-refractivity contribution in [2.45, 2.75) is 59.3 Å². The van der Waals surface area contributed by atoms with Crippen molar-refractivity contribution in [3.8, 4) is 39.9 Å². The summed E-state index contributed by atoms with van der Waals surface area (Å²) in [6.45, 7) is 15.2. The summed E-state index contributed by atoms with van der Waals surface area (Å²) in [5.74, 6) is 3.15. The van der Waals surface area contributed by atoms with Gasteiger partial charge in [0.1, 0.15) is 39.9 Å². The van der Waals surface area contributed by atoms with Gasteiger partial charge in [0, 0.05) is 33.0 Å². The molecule has 7 aromatic rings. The number of fused-ring (bicyclic) bond motifs is 3. The highest BCUT2D eigenvalue weighted by Crippen LogP contribution is 2.49. The molecule has 0 fully saturated rings. The zero-order chi connectivity index (χ0) is 38.7.